The second-order valence-electron chi connectivity index (χ2n) is 7.02. The minimum Gasteiger partial charge on any atom is -0.356 e. The van der Waals surface area contributed by atoms with Gasteiger partial charge in [-0.25, -0.2) is 0 Å². The first-order valence-corrected chi connectivity index (χ1v) is 9.66. The van der Waals surface area contributed by atoms with Gasteiger partial charge in [0.05, 0.1) is 0 Å². The fourth-order valence-electron chi connectivity index (χ4n) is 3.67. The van der Waals surface area contributed by atoms with E-state index >= 15 is 0 Å². The number of rotatable bonds is 7. The summed E-state index contributed by atoms with van der Waals surface area (Å²) in [6.45, 7) is 8.12. The summed E-state index contributed by atoms with van der Waals surface area (Å²) < 4.78 is 0. The summed E-state index contributed by atoms with van der Waals surface area (Å²) >= 11 is 0. The predicted octanol–water partition coefficient (Wildman–Crippen LogP) is 3.78. The highest BCUT2D eigenvalue weighted by atomic mass is 127. The average molecular weight is 448 g/mol. The largest absolute Gasteiger partial charge is 0.356 e. The van der Waals surface area contributed by atoms with Crippen molar-refractivity contribution in [3.05, 3.63) is 11.6 Å². The first-order chi connectivity index (χ1) is 11.3. The third-order valence-corrected chi connectivity index (χ3v) is 5.15. The zero-order valence-corrected chi connectivity index (χ0v) is 18.0. The van der Waals surface area contributed by atoms with Crippen molar-refractivity contribution in [3.63, 3.8) is 0 Å². The van der Waals surface area contributed by atoms with Crippen molar-refractivity contribution in [2.75, 3.05) is 39.8 Å². The molecule has 5 heteroatoms. The molecule has 1 aliphatic heterocycles. The maximum absolute atomic E-state index is 4.36. The van der Waals surface area contributed by atoms with Crippen molar-refractivity contribution in [2.45, 2.75) is 58.3 Å². The summed E-state index contributed by atoms with van der Waals surface area (Å²) in [5.74, 6) is 1.76. The lowest BCUT2D eigenvalue weighted by molar-refractivity contribution is 0.185. The highest BCUT2D eigenvalue weighted by molar-refractivity contribution is 14.0. The summed E-state index contributed by atoms with van der Waals surface area (Å²) in [5.41, 5.74) is 1.63. The molecule has 1 heterocycles. The number of likely N-dealkylation sites (tertiary alicyclic amines) is 1. The molecule has 4 nitrogen and oxygen atoms in total. The summed E-state index contributed by atoms with van der Waals surface area (Å²) in [4.78, 5) is 6.96. The molecule has 0 aromatic carbocycles. The Kier molecular flexibility index (Phi) is 11.8. The minimum atomic E-state index is 0. The summed E-state index contributed by atoms with van der Waals surface area (Å²) in [6, 6.07) is 0. The first kappa shape index (κ1) is 21.7. The van der Waals surface area contributed by atoms with Crippen LogP contribution in [0.3, 0.4) is 0 Å². The monoisotopic (exact) mass is 448 g/mol. The summed E-state index contributed by atoms with van der Waals surface area (Å²) in [7, 11) is 1.87. The van der Waals surface area contributed by atoms with Crippen LogP contribution in [0.5, 0.6) is 0 Å². The number of halogens is 1. The minimum absolute atomic E-state index is 0. The van der Waals surface area contributed by atoms with Crippen molar-refractivity contribution < 1.29 is 0 Å². The molecule has 1 saturated heterocycles. The molecule has 2 rings (SSSR count). The fourth-order valence-corrected chi connectivity index (χ4v) is 3.67. The molecular weight excluding hydrogens is 411 g/mol. The van der Waals surface area contributed by atoms with Gasteiger partial charge in [0.2, 0.25) is 0 Å². The lowest BCUT2D eigenvalue weighted by atomic mass is 9.96. The highest BCUT2D eigenvalue weighted by Gasteiger charge is 2.18. The number of hydrogen-bond donors (Lipinski definition) is 2. The molecule has 0 radical (unpaired) electrons. The molecule has 2 aliphatic rings. The molecule has 0 saturated carbocycles. The van der Waals surface area contributed by atoms with Gasteiger partial charge in [-0.3, -0.25) is 4.99 Å². The van der Waals surface area contributed by atoms with Crippen LogP contribution >= 0.6 is 24.0 Å². The van der Waals surface area contributed by atoms with Crippen molar-refractivity contribution in [2.24, 2.45) is 10.9 Å². The number of hydrogen-bond acceptors (Lipinski definition) is 2. The predicted molar refractivity (Wildman–Crippen MR) is 115 cm³/mol. The molecule has 0 spiro atoms. The van der Waals surface area contributed by atoms with Crippen molar-refractivity contribution in [1.29, 1.82) is 0 Å². The van der Waals surface area contributed by atoms with Crippen LogP contribution in [0, 0.1) is 5.92 Å². The molecule has 1 fully saturated rings. The molecule has 0 atom stereocenters. The SMILES string of the molecule is CCCN1CCC(CNC(=NC)NCCC2=CCCCC2)CC1.I. The Balaban J connectivity index is 0.00000288. The van der Waals surface area contributed by atoms with Crippen LogP contribution in [-0.4, -0.2) is 50.6 Å². The Labute approximate surface area is 166 Å². The van der Waals surface area contributed by atoms with Crippen LogP contribution in [0.15, 0.2) is 16.6 Å². The standard InChI is InChI=1S/C19H36N4.HI/c1-3-13-23-14-10-18(11-15-23)16-22-19(20-2)21-12-9-17-7-5-4-6-8-17;/h7,18H,3-6,8-16H2,1-2H3,(H2,20,21,22);1H. The van der Waals surface area contributed by atoms with Gasteiger partial charge in [-0.2, -0.15) is 0 Å². The third kappa shape index (κ3) is 8.19. The van der Waals surface area contributed by atoms with E-state index in [1.54, 1.807) is 5.57 Å². The quantitative estimate of drug-likeness (QED) is 0.270. The Morgan fingerprint density at radius 1 is 1.25 bits per heavy atom. The van der Waals surface area contributed by atoms with E-state index in [-0.39, 0.29) is 24.0 Å². The van der Waals surface area contributed by atoms with E-state index in [4.69, 9.17) is 0 Å². The maximum Gasteiger partial charge on any atom is 0.190 e. The van der Waals surface area contributed by atoms with E-state index in [9.17, 15) is 0 Å². The van der Waals surface area contributed by atoms with Crippen LogP contribution in [0.2, 0.25) is 0 Å². The van der Waals surface area contributed by atoms with Crippen molar-refractivity contribution in [3.8, 4) is 0 Å². The molecule has 2 N–H and O–H groups in total. The second kappa shape index (κ2) is 13.0. The average Bonchev–Trinajstić information content (AvgIpc) is 2.60. The third-order valence-electron chi connectivity index (χ3n) is 5.15. The Hall–Kier alpha value is -0.300. The van der Waals surface area contributed by atoms with E-state index in [1.165, 1.54) is 64.6 Å². The van der Waals surface area contributed by atoms with Crippen molar-refractivity contribution >= 4 is 29.9 Å². The number of piperidine rings is 1. The summed E-state index contributed by atoms with van der Waals surface area (Å²) in [6.07, 6.45) is 12.8. The fraction of sp³-hybridized carbons (Fsp3) is 0.842. The molecule has 0 unspecified atom stereocenters. The van der Waals surface area contributed by atoms with Gasteiger partial charge in [0.1, 0.15) is 0 Å². The molecule has 24 heavy (non-hydrogen) atoms. The van der Waals surface area contributed by atoms with Gasteiger partial charge in [-0.15, -0.1) is 24.0 Å². The van der Waals surface area contributed by atoms with Gasteiger partial charge < -0.3 is 15.5 Å². The maximum atomic E-state index is 4.36. The molecule has 0 amide bonds. The van der Waals surface area contributed by atoms with Crippen LogP contribution in [0.4, 0.5) is 0 Å². The van der Waals surface area contributed by atoms with Crippen LogP contribution in [-0.2, 0) is 0 Å². The molecule has 1 aliphatic carbocycles. The number of aliphatic imine (C=N–C) groups is 1. The number of nitrogens with one attached hydrogen (secondary N) is 2. The molecule has 0 aromatic heterocycles. The van der Waals surface area contributed by atoms with Gasteiger partial charge in [0.25, 0.3) is 0 Å². The van der Waals surface area contributed by atoms with E-state index in [0.717, 1.165) is 31.4 Å². The van der Waals surface area contributed by atoms with Crippen LogP contribution in [0.25, 0.3) is 0 Å². The zero-order valence-electron chi connectivity index (χ0n) is 15.6. The molecular formula is C19H37IN4. The smallest absolute Gasteiger partial charge is 0.190 e. The van der Waals surface area contributed by atoms with Crippen LogP contribution in [0.1, 0.15) is 58.3 Å². The van der Waals surface area contributed by atoms with Gasteiger partial charge in [0.15, 0.2) is 5.96 Å². The second-order valence-corrected chi connectivity index (χ2v) is 7.02. The Morgan fingerprint density at radius 3 is 2.67 bits per heavy atom. The van der Waals surface area contributed by atoms with E-state index < -0.39 is 0 Å². The van der Waals surface area contributed by atoms with E-state index in [2.05, 4.69) is 33.5 Å². The normalized spacial score (nSPS) is 20.2. The van der Waals surface area contributed by atoms with E-state index in [0.29, 0.717) is 0 Å². The number of allylic oxidation sites excluding steroid dienone is 1. The van der Waals surface area contributed by atoms with Gasteiger partial charge in [-0.1, -0.05) is 18.6 Å². The van der Waals surface area contributed by atoms with Gasteiger partial charge >= 0.3 is 0 Å². The topological polar surface area (TPSA) is 39.7 Å². The zero-order chi connectivity index (χ0) is 16.3. The van der Waals surface area contributed by atoms with E-state index in [1.807, 2.05) is 7.05 Å². The Morgan fingerprint density at radius 2 is 2.04 bits per heavy atom. The molecule has 140 valence electrons. The van der Waals surface area contributed by atoms with Gasteiger partial charge in [0, 0.05) is 20.1 Å². The lowest BCUT2D eigenvalue weighted by Crippen LogP contribution is -2.43. The summed E-state index contributed by atoms with van der Waals surface area (Å²) in [5, 5.41) is 7.00. The van der Waals surface area contributed by atoms with Crippen molar-refractivity contribution in [1.82, 2.24) is 15.5 Å². The Bertz CT molecular complexity index is 387. The molecule has 0 bridgehead atoms. The number of guanidine groups is 1. The number of nitrogens with zero attached hydrogens (tertiary/aromatic N) is 2. The molecule has 0 aromatic rings. The lowest BCUT2D eigenvalue weighted by Gasteiger charge is -2.32. The highest BCUT2D eigenvalue weighted by Crippen LogP contribution is 2.19. The first-order valence-electron chi connectivity index (χ1n) is 9.66. The van der Waals surface area contributed by atoms with Crippen LogP contribution < -0.4 is 10.6 Å². The van der Waals surface area contributed by atoms with Gasteiger partial charge in [-0.05, 0) is 76.9 Å².